The molecule has 0 radical (unpaired) electrons. The van der Waals surface area contributed by atoms with Gasteiger partial charge in [0.25, 0.3) is 0 Å². The molecule has 1 heterocycles. The summed E-state index contributed by atoms with van der Waals surface area (Å²) in [5.41, 5.74) is 3.65. The molecule has 1 N–H and O–H groups in total. The highest BCUT2D eigenvalue weighted by molar-refractivity contribution is 6.30. The number of likely N-dealkylation sites (tertiary alicyclic amines) is 1. The minimum Gasteiger partial charge on any atom is -0.388 e. The second kappa shape index (κ2) is 7.48. The van der Waals surface area contributed by atoms with E-state index in [0.29, 0.717) is 10.9 Å². The highest BCUT2D eigenvalue weighted by Crippen LogP contribution is 2.31. The van der Waals surface area contributed by atoms with Crippen LogP contribution >= 0.6 is 11.6 Å². The minimum absolute atomic E-state index is 0.338. The Morgan fingerprint density at radius 2 is 1.65 bits per heavy atom. The highest BCUT2D eigenvalue weighted by Gasteiger charge is 2.26. The lowest BCUT2D eigenvalue weighted by molar-refractivity contribution is 0.0568. The standard InChI is InChI=1S/C20H24ClNO/c1-15-2-4-16(5-3-15)14-22-12-10-18(11-13-22)20(23)17-6-8-19(21)9-7-17/h2-9,18,20,23H,10-14H2,1H3. The van der Waals surface area contributed by atoms with Gasteiger partial charge in [0, 0.05) is 11.6 Å². The number of aliphatic hydroxyl groups excluding tert-OH is 1. The fourth-order valence-corrected chi connectivity index (χ4v) is 3.44. The van der Waals surface area contributed by atoms with Gasteiger partial charge in [-0.25, -0.2) is 0 Å². The minimum atomic E-state index is -0.381. The molecule has 2 aromatic rings. The maximum atomic E-state index is 10.6. The molecule has 1 aliphatic rings. The first-order valence-corrected chi connectivity index (χ1v) is 8.71. The number of aliphatic hydroxyl groups is 1. The van der Waals surface area contributed by atoms with Crippen molar-refractivity contribution in [3.8, 4) is 0 Å². The second-order valence-corrected chi connectivity index (χ2v) is 7.03. The molecule has 2 aromatic carbocycles. The third-order valence-corrected chi connectivity index (χ3v) is 5.07. The van der Waals surface area contributed by atoms with Crippen LogP contribution in [0.25, 0.3) is 0 Å². The number of nitrogens with zero attached hydrogens (tertiary/aromatic N) is 1. The molecule has 1 aliphatic heterocycles. The van der Waals surface area contributed by atoms with Gasteiger partial charge < -0.3 is 5.11 Å². The predicted octanol–water partition coefficient (Wildman–Crippen LogP) is 4.59. The average Bonchev–Trinajstić information content (AvgIpc) is 2.58. The second-order valence-electron chi connectivity index (χ2n) is 6.60. The van der Waals surface area contributed by atoms with Gasteiger partial charge in [-0.15, -0.1) is 0 Å². The van der Waals surface area contributed by atoms with Gasteiger partial charge in [-0.1, -0.05) is 53.6 Å². The maximum Gasteiger partial charge on any atom is 0.0819 e. The first kappa shape index (κ1) is 16.5. The van der Waals surface area contributed by atoms with Crippen LogP contribution in [0.3, 0.4) is 0 Å². The lowest BCUT2D eigenvalue weighted by atomic mass is 9.87. The van der Waals surface area contributed by atoms with E-state index in [-0.39, 0.29) is 6.10 Å². The molecule has 122 valence electrons. The van der Waals surface area contributed by atoms with Crippen molar-refractivity contribution in [2.45, 2.75) is 32.4 Å². The normalized spacial score (nSPS) is 18.0. The lowest BCUT2D eigenvalue weighted by Gasteiger charge is -2.34. The van der Waals surface area contributed by atoms with E-state index in [2.05, 4.69) is 36.1 Å². The van der Waals surface area contributed by atoms with E-state index in [1.807, 2.05) is 24.3 Å². The Kier molecular flexibility index (Phi) is 5.37. The van der Waals surface area contributed by atoms with Gasteiger partial charge in [-0.3, -0.25) is 4.90 Å². The smallest absolute Gasteiger partial charge is 0.0819 e. The summed E-state index contributed by atoms with van der Waals surface area (Å²) < 4.78 is 0. The summed E-state index contributed by atoms with van der Waals surface area (Å²) in [5.74, 6) is 0.338. The Labute approximate surface area is 143 Å². The quantitative estimate of drug-likeness (QED) is 0.886. The fourth-order valence-electron chi connectivity index (χ4n) is 3.31. The molecule has 1 saturated heterocycles. The number of halogens is 1. The van der Waals surface area contributed by atoms with Gasteiger partial charge in [0.05, 0.1) is 6.10 Å². The van der Waals surface area contributed by atoms with Gasteiger partial charge in [-0.05, 0) is 62.0 Å². The van der Waals surface area contributed by atoms with Gasteiger partial charge in [0.2, 0.25) is 0 Å². The number of aryl methyl sites for hydroxylation is 1. The molecule has 0 saturated carbocycles. The average molecular weight is 330 g/mol. The van der Waals surface area contributed by atoms with E-state index in [0.717, 1.165) is 38.0 Å². The van der Waals surface area contributed by atoms with Crippen LogP contribution < -0.4 is 0 Å². The largest absolute Gasteiger partial charge is 0.388 e. The molecular weight excluding hydrogens is 306 g/mol. The van der Waals surface area contributed by atoms with Crippen molar-refractivity contribution in [3.05, 3.63) is 70.2 Å². The summed E-state index contributed by atoms with van der Waals surface area (Å²) >= 11 is 5.92. The Morgan fingerprint density at radius 1 is 1.04 bits per heavy atom. The molecule has 0 aliphatic carbocycles. The number of piperidine rings is 1. The predicted molar refractivity (Wildman–Crippen MR) is 95.6 cm³/mol. The van der Waals surface area contributed by atoms with Crippen LogP contribution in [-0.2, 0) is 6.54 Å². The molecule has 3 heteroatoms. The van der Waals surface area contributed by atoms with Crippen LogP contribution in [-0.4, -0.2) is 23.1 Å². The van der Waals surface area contributed by atoms with Crippen molar-refractivity contribution in [1.82, 2.24) is 4.90 Å². The van der Waals surface area contributed by atoms with Crippen molar-refractivity contribution in [3.63, 3.8) is 0 Å². The molecule has 23 heavy (non-hydrogen) atoms. The van der Waals surface area contributed by atoms with Crippen LogP contribution in [0.1, 0.15) is 35.6 Å². The number of hydrogen-bond acceptors (Lipinski definition) is 2. The summed E-state index contributed by atoms with van der Waals surface area (Å²) in [6.45, 7) is 5.21. The van der Waals surface area contributed by atoms with Crippen LogP contribution in [0, 0.1) is 12.8 Å². The summed E-state index contributed by atoms with van der Waals surface area (Å²) in [5, 5.41) is 11.3. The van der Waals surface area contributed by atoms with Gasteiger partial charge >= 0.3 is 0 Å². The Morgan fingerprint density at radius 3 is 2.26 bits per heavy atom. The van der Waals surface area contributed by atoms with Crippen molar-refractivity contribution in [1.29, 1.82) is 0 Å². The van der Waals surface area contributed by atoms with Crippen molar-refractivity contribution < 1.29 is 5.11 Å². The summed E-state index contributed by atoms with van der Waals surface area (Å²) in [6.07, 6.45) is 1.69. The number of hydrogen-bond donors (Lipinski definition) is 1. The highest BCUT2D eigenvalue weighted by atomic mass is 35.5. The molecule has 0 amide bonds. The molecular formula is C20H24ClNO. The van der Waals surface area contributed by atoms with Gasteiger partial charge in [0.1, 0.15) is 0 Å². The van der Waals surface area contributed by atoms with Crippen molar-refractivity contribution in [2.75, 3.05) is 13.1 Å². The Balaban J connectivity index is 1.53. The summed E-state index contributed by atoms with van der Waals surface area (Å²) in [7, 11) is 0. The first-order chi connectivity index (χ1) is 11.1. The van der Waals surface area contributed by atoms with Crippen LogP contribution in [0.15, 0.2) is 48.5 Å². The van der Waals surface area contributed by atoms with Crippen molar-refractivity contribution >= 4 is 11.6 Å². The first-order valence-electron chi connectivity index (χ1n) is 8.33. The van der Waals surface area contributed by atoms with E-state index >= 15 is 0 Å². The zero-order valence-electron chi connectivity index (χ0n) is 13.6. The molecule has 1 unspecified atom stereocenters. The zero-order valence-corrected chi connectivity index (χ0v) is 14.3. The Hall–Kier alpha value is -1.35. The summed E-state index contributed by atoms with van der Waals surface area (Å²) in [6, 6.07) is 16.4. The number of benzene rings is 2. The van der Waals surface area contributed by atoms with E-state index in [9.17, 15) is 5.11 Å². The van der Waals surface area contributed by atoms with E-state index in [1.165, 1.54) is 11.1 Å². The van der Waals surface area contributed by atoms with E-state index in [4.69, 9.17) is 11.6 Å². The SMILES string of the molecule is Cc1ccc(CN2CCC(C(O)c3ccc(Cl)cc3)CC2)cc1. The topological polar surface area (TPSA) is 23.5 Å². The number of rotatable bonds is 4. The molecule has 1 atom stereocenters. The molecule has 1 fully saturated rings. The van der Waals surface area contributed by atoms with E-state index < -0.39 is 0 Å². The third-order valence-electron chi connectivity index (χ3n) is 4.82. The maximum absolute atomic E-state index is 10.6. The van der Waals surface area contributed by atoms with E-state index in [1.54, 1.807) is 0 Å². The Bertz CT molecular complexity index is 615. The lowest BCUT2D eigenvalue weighted by Crippen LogP contribution is -2.35. The fraction of sp³-hybridized carbons (Fsp3) is 0.400. The third kappa shape index (κ3) is 4.35. The zero-order chi connectivity index (χ0) is 16.2. The molecule has 2 nitrogen and oxygen atoms in total. The van der Waals surface area contributed by atoms with Crippen LogP contribution in [0.2, 0.25) is 5.02 Å². The molecule has 0 bridgehead atoms. The van der Waals surface area contributed by atoms with Crippen molar-refractivity contribution in [2.24, 2.45) is 5.92 Å². The summed E-state index contributed by atoms with van der Waals surface area (Å²) in [4.78, 5) is 2.48. The van der Waals surface area contributed by atoms with Crippen LogP contribution in [0.5, 0.6) is 0 Å². The molecule has 0 aromatic heterocycles. The van der Waals surface area contributed by atoms with Gasteiger partial charge in [0.15, 0.2) is 0 Å². The molecule has 0 spiro atoms. The van der Waals surface area contributed by atoms with Crippen LogP contribution in [0.4, 0.5) is 0 Å². The monoisotopic (exact) mass is 329 g/mol. The molecule has 3 rings (SSSR count). The van der Waals surface area contributed by atoms with Gasteiger partial charge in [-0.2, -0.15) is 0 Å².